The Morgan fingerprint density at radius 3 is 1.85 bits per heavy atom. The number of halogens is 5. The molecule has 11 heteroatoms. The Hall–Kier alpha value is -3.04. The molecule has 1 aliphatic rings. The van der Waals surface area contributed by atoms with Crippen LogP contribution >= 0.6 is 23.2 Å². The molecule has 0 aromatic heterocycles. The summed E-state index contributed by atoms with van der Waals surface area (Å²) in [5.74, 6) is -0.884. The van der Waals surface area contributed by atoms with Crippen LogP contribution in [0.1, 0.15) is 81.1 Å². The number of imide groups is 1. The molecule has 216 valence electrons. The van der Waals surface area contributed by atoms with Crippen LogP contribution in [0.25, 0.3) is 5.57 Å². The van der Waals surface area contributed by atoms with Crippen molar-refractivity contribution in [1.29, 1.82) is 0 Å². The SMILES string of the molecule is CC(C)(C)OC(=O)N(C(=O)OC(C)(C)C)C1CCc2cc(C(=O)/C=C(/c3cc(Cl)cc(Cl)c3)C(F)(F)F)ccc21. The minimum atomic E-state index is -4.85. The topological polar surface area (TPSA) is 72.9 Å². The van der Waals surface area contributed by atoms with Crippen LogP contribution in [0.4, 0.5) is 22.8 Å². The van der Waals surface area contributed by atoms with Gasteiger partial charge in [-0.25, -0.2) is 14.5 Å². The molecule has 0 aliphatic heterocycles. The lowest BCUT2D eigenvalue weighted by atomic mass is 9.98. The van der Waals surface area contributed by atoms with Crippen LogP contribution in [0.15, 0.2) is 42.5 Å². The lowest BCUT2D eigenvalue weighted by Crippen LogP contribution is -2.45. The minimum Gasteiger partial charge on any atom is -0.443 e. The van der Waals surface area contributed by atoms with E-state index in [1.807, 2.05) is 0 Å². The number of rotatable bonds is 4. The van der Waals surface area contributed by atoms with E-state index in [-0.39, 0.29) is 21.2 Å². The number of aryl methyl sites for hydroxylation is 1. The average molecular weight is 600 g/mol. The first-order valence-electron chi connectivity index (χ1n) is 12.4. The molecule has 0 saturated carbocycles. The minimum absolute atomic E-state index is 0.00630. The normalized spacial score (nSPS) is 15.9. The maximum Gasteiger partial charge on any atom is 0.420 e. The molecule has 0 heterocycles. The van der Waals surface area contributed by atoms with Crippen LogP contribution in [0.3, 0.4) is 0 Å². The molecule has 0 spiro atoms. The van der Waals surface area contributed by atoms with Crippen molar-refractivity contribution in [1.82, 2.24) is 4.90 Å². The summed E-state index contributed by atoms with van der Waals surface area (Å²) in [6.45, 7) is 9.99. The van der Waals surface area contributed by atoms with E-state index >= 15 is 0 Å². The first kappa shape index (κ1) is 31.5. The second-order valence-corrected chi connectivity index (χ2v) is 12.2. The van der Waals surface area contributed by atoms with Crippen LogP contribution in [-0.2, 0) is 15.9 Å². The van der Waals surface area contributed by atoms with Gasteiger partial charge in [0.25, 0.3) is 0 Å². The average Bonchev–Trinajstić information content (AvgIpc) is 3.16. The third-order valence-electron chi connectivity index (χ3n) is 5.72. The molecule has 1 atom stereocenters. The highest BCUT2D eigenvalue weighted by atomic mass is 35.5. The third kappa shape index (κ3) is 8.01. The number of hydrogen-bond acceptors (Lipinski definition) is 5. The largest absolute Gasteiger partial charge is 0.443 e. The Morgan fingerprint density at radius 2 is 1.38 bits per heavy atom. The summed E-state index contributed by atoms with van der Waals surface area (Å²) >= 11 is 11.8. The molecule has 0 radical (unpaired) electrons. The second kappa shape index (κ2) is 11.4. The number of nitrogens with zero attached hydrogens (tertiary/aromatic N) is 1. The lowest BCUT2D eigenvalue weighted by Gasteiger charge is -2.32. The predicted molar refractivity (Wildman–Crippen MR) is 147 cm³/mol. The zero-order chi connectivity index (χ0) is 30.2. The number of amides is 2. The van der Waals surface area contributed by atoms with Crippen molar-refractivity contribution in [3.63, 3.8) is 0 Å². The molecule has 0 N–H and O–H groups in total. The Bertz CT molecular complexity index is 1310. The molecular formula is C29H30Cl2F3NO5. The highest BCUT2D eigenvalue weighted by Crippen LogP contribution is 2.39. The molecule has 1 aliphatic carbocycles. The van der Waals surface area contributed by atoms with Gasteiger partial charge in [-0.2, -0.15) is 13.2 Å². The molecule has 0 saturated heterocycles. The molecule has 3 rings (SSSR count). The number of ketones is 1. The molecule has 0 bridgehead atoms. The van der Waals surface area contributed by atoms with Crippen LogP contribution < -0.4 is 0 Å². The van der Waals surface area contributed by atoms with Gasteiger partial charge in [-0.3, -0.25) is 4.79 Å². The standard InChI is InChI=1S/C29H30Cl2F3NO5/c1-27(2,3)39-25(37)35(26(38)40-28(4,5)6)23-10-8-16-11-17(7-9-21(16)23)24(36)15-22(29(32,33)34)18-12-19(30)14-20(31)13-18/h7,9,11-15,23H,8,10H2,1-6H3/b22-15-. The maximum absolute atomic E-state index is 13.9. The van der Waals surface area contributed by atoms with Crippen LogP contribution in [0.2, 0.25) is 10.0 Å². The van der Waals surface area contributed by atoms with E-state index in [9.17, 15) is 27.6 Å². The van der Waals surface area contributed by atoms with Crippen LogP contribution in [-0.4, -0.2) is 40.2 Å². The summed E-state index contributed by atoms with van der Waals surface area (Å²) in [4.78, 5) is 40.0. The van der Waals surface area contributed by atoms with E-state index in [0.29, 0.717) is 30.0 Å². The van der Waals surface area contributed by atoms with E-state index in [1.54, 1.807) is 41.5 Å². The predicted octanol–water partition coefficient (Wildman–Crippen LogP) is 8.98. The van der Waals surface area contributed by atoms with Crippen molar-refractivity contribution in [3.05, 3.63) is 74.8 Å². The molecule has 0 fully saturated rings. The Kier molecular flexibility index (Phi) is 9.01. The quantitative estimate of drug-likeness (QED) is 0.259. The number of allylic oxidation sites excluding steroid dienone is 2. The molecule has 40 heavy (non-hydrogen) atoms. The first-order valence-corrected chi connectivity index (χ1v) is 13.2. The van der Waals surface area contributed by atoms with E-state index in [0.717, 1.165) is 17.0 Å². The second-order valence-electron chi connectivity index (χ2n) is 11.4. The Morgan fingerprint density at radius 1 is 0.850 bits per heavy atom. The van der Waals surface area contributed by atoms with Crippen molar-refractivity contribution in [2.24, 2.45) is 0 Å². The molecular weight excluding hydrogens is 570 g/mol. The fourth-order valence-electron chi connectivity index (χ4n) is 4.22. The number of fused-ring (bicyclic) bond motifs is 1. The molecule has 2 aromatic rings. The number of alkyl halides is 3. The van der Waals surface area contributed by atoms with Crippen molar-refractivity contribution < 1.29 is 37.0 Å². The zero-order valence-corrected chi connectivity index (χ0v) is 24.4. The maximum atomic E-state index is 13.9. The van der Waals surface area contributed by atoms with Crippen molar-refractivity contribution in [2.45, 2.75) is 77.8 Å². The van der Waals surface area contributed by atoms with Gasteiger partial charge >= 0.3 is 18.4 Å². The van der Waals surface area contributed by atoms with Gasteiger partial charge in [-0.05, 0) is 101 Å². The van der Waals surface area contributed by atoms with E-state index in [2.05, 4.69) is 0 Å². The van der Waals surface area contributed by atoms with Crippen molar-refractivity contribution in [2.75, 3.05) is 0 Å². The zero-order valence-electron chi connectivity index (χ0n) is 22.9. The van der Waals surface area contributed by atoms with Gasteiger partial charge in [0.1, 0.15) is 11.2 Å². The Balaban J connectivity index is 1.98. The Labute approximate surface area is 241 Å². The van der Waals surface area contributed by atoms with E-state index < -0.39 is 47.0 Å². The summed E-state index contributed by atoms with van der Waals surface area (Å²) in [5.41, 5.74) is -2.12. The van der Waals surface area contributed by atoms with E-state index in [4.69, 9.17) is 32.7 Å². The number of ether oxygens (including phenoxy) is 2. The number of carbonyl (C=O) groups excluding carboxylic acids is 3. The summed E-state index contributed by atoms with van der Waals surface area (Å²) < 4.78 is 52.6. The number of hydrogen-bond donors (Lipinski definition) is 0. The van der Waals surface area contributed by atoms with Crippen LogP contribution in [0.5, 0.6) is 0 Å². The van der Waals surface area contributed by atoms with Gasteiger partial charge in [-0.1, -0.05) is 35.3 Å². The fraction of sp³-hybridized carbons (Fsp3) is 0.414. The van der Waals surface area contributed by atoms with Gasteiger partial charge in [-0.15, -0.1) is 0 Å². The monoisotopic (exact) mass is 599 g/mol. The number of carbonyl (C=O) groups is 3. The van der Waals surface area contributed by atoms with Gasteiger partial charge in [0.15, 0.2) is 5.78 Å². The van der Waals surface area contributed by atoms with Crippen molar-refractivity contribution in [3.8, 4) is 0 Å². The fourth-order valence-corrected chi connectivity index (χ4v) is 4.75. The molecule has 2 amide bonds. The van der Waals surface area contributed by atoms with Crippen LogP contribution in [0, 0.1) is 0 Å². The summed E-state index contributed by atoms with van der Waals surface area (Å²) in [6.07, 6.45) is -5.45. The van der Waals surface area contributed by atoms with Gasteiger partial charge in [0.2, 0.25) is 0 Å². The van der Waals surface area contributed by atoms with Gasteiger partial charge in [0.05, 0.1) is 11.6 Å². The van der Waals surface area contributed by atoms with Crippen molar-refractivity contribution >= 4 is 46.7 Å². The highest BCUT2D eigenvalue weighted by molar-refractivity contribution is 6.35. The molecule has 1 unspecified atom stereocenters. The molecule has 6 nitrogen and oxygen atoms in total. The summed E-state index contributed by atoms with van der Waals surface area (Å²) in [6, 6.07) is 7.05. The number of benzene rings is 2. The van der Waals surface area contributed by atoms with E-state index in [1.165, 1.54) is 24.3 Å². The lowest BCUT2D eigenvalue weighted by molar-refractivity contribution is -0.0690. The van der Waals surface area contributed by atoms with Gasteiger partial charge in [0, 0.05) is 15.6 Å². The van der Waals surface area contributed by atoms with Gasteiger partial charge < -0.3 is 9.47 Å². The smallest absolute Gasteiger partial charge is 0.420 e. The first-order chi connectivity index (χ1) is 18.2. The highest BCUT2D eigenvalue weighted by Gasteiger charge is 2.41. The molecule has 2 aromatic carbocycles. The summed E-state index contributed by atoms with van der Waals surface area (Å²) in [7, 11) is 0. The third-order valence-corrected chi connectivity index (χ3v) is 6.16. The summed E-state index contributed by atoms with van der Waals surface area (Å²) in [5, 5.41) is -0.0126.